The fourth-order valence-electron chi connectivity index (χ4n) is 4.53. The first-order valence-corrected chi connectivity index (χ1v) is 10.9. The van der Waals surface area contributed by atoms with Gasteiger partial charge < -0.3 is 19.9 Å². The summed E-state index contributed by atoms with van der Waals surface area (Å²) in [5, 5.41) is 5.75. The number of rotatable bonds is 2. The third-order valence-corrected chi connectivity index (χ3v) is 6.07. The van der Waals surface area contributed by atoms with E-state index in [2.05, 4.69) is 20.6 Å². The molecule has 3 aromatic heterocycles. The Morgan fingerprint density at radius 2 is 2.00 bits per heavy atom. The van der Waals surface area contributed by atoms with Crippen LogP contribution in [0.3, 0.4) is 0 Å². The van der Waals surface area contributed by atoms with E-state index in [1.165, 1.54) is 12.3 Å². The molecule has 12 heteroatoms. The number of aryl methyl sites for hydroxylation is 1. The summed E-state index contributed by atoms with van der Waals surface area (Å²) in [5.74, 6) is -0.744. The summed E-state index contributed by atoms with van der Waals surface area (Å²) >= 11 is 0. The first kappa shape index (κ1) is 22.4. The number of hydrogen-bond donors (Lipinski definition) is 2. The van der Waals surface area contributed by atoms with Crippen LogP contribution in [-0.2, 0) is 12.6 Å². The first-order chi connectivity index (χ1) is 16.1. The molecule has 2 aliphatic rings. The van der Waals surface area contributed by atoms with Crippen molar-refractivity contribution in [3.8, 4) is 0 Å². The predicted molar refractivity (Wildman–Crippen MR) is 119 cm³/mol. The van der Waals surface area contributed by atoms with Crippen molar-refractivity contribution in [2.45, 2.75) is 32.5 Å². The van der Waals surface area contributed by atoms with E-state index in [0.717, 1.165) is 11.0 Å². The number of alkyl halides is 3. The van der Waals surface area contributed by atoms with E-state index >= 15 is 0 Å². The van der Waals surface area contributed by atoms with Gasteiger partial charge in [-0.05, 0) is 26.3 Å². The van der Waals surface area contributed by atoms with E-state index in [4.69, 9.17) is 0 Å². The zero-order valence-electron chi connectivity index (χ0n) is 18.6. The summed E-state index contributed by atoms with van der Waals surface area (Å²) in [6, 6.07) is 1.61. The van der Waals surface area contributed by atoms with E-state index in [1.807, 2.05) is 11.8 Å². The van der Waals surface area contributed by atoms with E-state index in [-0.39, 0.29) is 24.1 Å². The van der Waals surface area contributed by atoms with Crippen molar-refractivity contribution in [2.24, 2.45) is 0 Å². The average Bonchev–Trinajstić information content (AvgIpc) is 3.35. The van der Waals surface area contributed by atoms with Crippen LogP contribution in [0.15, 0.2) is 24.5 Å². The van der Waals surface area contributed by atoms with E-state index in [0.29, 0.717) is 48.6 Å². The highest BCUT2D eigenvalue weighted by Crippen LogP contribution is 2.40. The third-order valence-electron chi connectivity index (χ3n) is 6.07. The molecule has 0 unspecified atom stereocenters. The second kappa shape index (κ2) is 8.12. The number of hydrogen-bond acceptors (Lipinski definition) is 5. The molecule has 5 heterocycles. The van der Waals surface area contributed by atoms with Crippen LogP contribution in [0.4, 0.5) is 39.5 Å². The van der Waals surface area contributed by atoms with Gasteiger partial charge in [0.1, 0.15) is 17.2 Å². The molecule has 0 spiro atoms. The highest BCUT2D eigenvalue weighted by Gasteiger charge is 2.39. The van der Waals surface area contributed by atoms with Crippen LogP contribution >= 0.6 is 0 Å². The van der Waals surface area contributed by atoms with Gasteiger partial charge in [-0.25, -0.2) is 19.2 Å². The molecule has 1 atom stereocenters. The predicted octanol–water partition coefficient (Wildman–Crippen LogP) is 3.59. The maximum atomic E-state index is 14.6. The smallest absolute Gasteiger partial charge is 0.368 e. The number of aromatic nitrogens is 3. The van der Waals surface area contributed by atoms with Gasteiger partial charge in [0.25, 0.3) is 0 Å². The Hall–Kier alpha value is -3.41. The minimum Gasteiger partial charge on any atom is -0.368 e. The lowest BCUT2D eigenvalue weighted by atomic mass is 10.1. The van der Waals surface area contributed by atoms with Crippen molar-refractivity contribution in [3.05, 3.63) is 47.3 Å². The quantitative estimate of drug-likeness (QED) is 0.552. The van der Waals surface area contributed by atoms with Crippen molar-refractivity contribution in [2.75, 3.05) is 41.3 Å². The molecule has 0 bridgehead atoms. The summed E-state index contributed by atoms with van der Waals surface area (Å²) < 4.78 is 57.2. The summed E-state index contributed by atoms with van der Waals surface area (Å²) in [7, 11) is 0. The van der Waals surface area contributed by atoms with Crippen molar-refractivity contribution in [1.82, 2.24) is 19.7 Å². The van der Waals surface area contributed by atoms with Gasteiger partial charge in [-0.15, -0.1) is 0 Å². The number of urea groups is 1. The zero-order chi connectivity index (χ0) is 24.2. The van der Waals surface area contributed by atoms with Crippen LogP contribution in [0.2, 0.25) is 0 Å². The molecule has 1 fully saturated rings. The van der Waals surface area contributed by atoms with Crippen molar-refractivity contribution in [3.63, 3.8) is 0 Å². The standard InChI is InChI=1S/C22H23F4N7O/c1-12-9-31(6-4-27-12)17-8-18(22(24,25)26)30-20-14(17)3-5-33(20)21(34)29-16-11-32-10-13(2)28-19(32)7-15(16)23/h7-8,10-12,27H,3-6,9H2,1-2H3,(H,29,34)/t12-/m0/s1. The van der Waals surface area contributed by atoms with Gasteiger partial charge in [0.2, 0.25) is 0 Å². The Labute approximate surface area is 192 Å². The Morgan fingerprint density at radius 1 is 1.21 bits per heavy atom. The molecule has 8 nitrogen and oxygen atoms in total. The van der Waals surface area contributed by atoms with Crippen LogP contribution < -0.4 is 20.4 Å². The lowest BCUT2D eigenvalue weighted by molar-refractivity contribution is -0.141. The Morgan fingerprint density at radius 3 is 2.74 bits per heavy atom. The number of fused-ring (bicyclic) bond motifs is 2. The van der Waals surface area contributed by atoms with Gasteiger partial charge in [0.15, 0.2) is 5.82 Å². The minimum absolute atomic E-state index is 0.0477. The van der Waals surface area contributed by atoms with Gasteiger partial charge in [-0.2, -0.15) is 13.2 Å². The zero-order valence-corrected chi connectivity index (χ0v) is 18.6. The first-order valence-electron chi connectivity index (χ1n) is 10.9. The topological polar surface area (TPSA) is 77.8 Å². The molecule has 0 radical (unpaired) electrons. The van der Waals surface area contributed by atoms with Crippen LogP contribution in [0.1, 0.15) is 23.9 Å². The number of amides is 2. The lowest BCUT2D eigenvalue weighted by Gasteiger charge is -2.35. The molecule has 1 saturated heterocycles. The van der Waals surface area contributed by atoms with Gasteiger partial charge in [0, 0.05) is 61.9 Å². The molecule has 0 aliphatic carbocycles. The molecule has 0 saturated carbocycles. The molecule has 2 N–H and O–H groups in total. The van der Waals surface area contributed by atoms with E-state index < -0.39 is 23.7 Å². The Balaban J connectivity index is 1.49. The van der Waals surface area contributed by atoms with Crippen LogP contribution in [0.5, 0.6) is 0 Å². The second-order valence-corrected chi connectivity index (χ2v) is 8.64. The fourth-order valence-corrected chi connectivity index (χ4v) is 4.53. The second-order valence-electron chi connectivity index (χ2n) is 8.64. The SMILES string of the molecule is Cc1cn2cc(NC(=O)N3CCc4c(N5CCN[C@@H](C)C5)cc(C(F)(F)F)nc43)c(F)cc2n1. The molecule has 180 valence electrons. The Bertz CT molecular complexity index is 1270. The van der Waals surface area contributed by atoms with E-state index in [9.17, 15) is 22.4 Å². The number of piperazine rings is 1. The molecule has 34 heavy (non-hydrogen) atoms. The molecule has 5 rings (SSSR count). The molecular weight excluding hydrogens is 454 g/mol. The molecule has 3 aromatic rings. The number of imidazole rings is 1. The van der Waals surface area contributed by atoms with Gasteiger partial charge in [-0.3, -0.25) is 4.90 Å². The highest BCUT2D eigenvalue weighted by atomic mass is 19.4. The number of nitrogens with zero attached hydrogens (tertiary/aromatic N) is 5. The molecule has 2 amide bonds. The minimum atomic E-state index is -4.68. The highest BCUT2D eigenvalue weighted by molar-refractivity contribution is 6.03. The summed E-state index contributed by atoms with van der Waals surface area (Å²) in [6.07, 6.45) is -1.27. The molecule has 2 aliphatic heterocycles. The number of pyridine rings is 2. The van der Waals surface area contributed by atoms with Crippen molar-refractivity contribution in [1.29, 1.82) is 0 Å². The molecule has 0 aromatic carbocycles. The number of carbonyl (C=O) groups excluding carboxylic acids is 1. The normalized spacial score (nSPS) is 18.5. The molecular formula is C22H23F4N7O. The summed E-state index contributed by atoms with van der Waals surface area (Å²) in [5.41, 5.74) is 0.905. The van der Waals surface area contributed by atoms with Crippen LogP contribution in [0.25, 0.3) is 5.65 Å². The van der Waals surface area contributed by atoms with E-state index in [1.54, 1.807) is 17.5 Å². The fraction of sp³-hybridized carbons (Fsp3) is 0.409. The maximum absolute atomic E-state index is 14.6. The lowest BCUT2D eigenvalue weighted by Crippen LogP contribution is -2.49. The summed E-state index contributed by atoms with van der Waals surface area (Å²) in [4.78, 5) is 24.1. The number of anilines is 3. The number of nitrogens with one attached hydrogen (secondary N) is 2. The summed E-state index contributed by atoms with van der Waals surface area (Å²) in [6.45, 7) is 5.57. The van der Waals surface area contributed by atoms with Crippen molar-refractivity contribution >= 4 is 28.9 Å². The van der Waals surface area contributed by atoms with Crippen LogP contribution in [-0.4, -0.2) is 52.6 Å². The van der Waals surface area contributed by atoms with Crippen molar-refractivity contribution < 1.29 is 22.4 Å². The maximum Gasteiger partial charge on any atom is 0.433 e. The monoisotopic (exact) mass is 477 g/mol. The average molecular weight is 477 g/mol. The third kappa shape index (κ3) is 4.02. The number of halogens is 4. The largest absolute Gasteiger partial charge is 0.433 e. The van der Waals surface area contributed by atoms with Gasteiger partial charge in [-0.1, -0.05) is 0 Å². The van der Waals surface area contributed by atoms with Gasteiger partial charge in [0.05, 0.1) is 11.4 Å². The van der Waals surface area contributed by atoms with Crippen LogP contribution in [0, 0.1) is 12.7 Å². The Kier molecular flexibility index (Phi) is 5.34. The number of carbonyl (C=O) groups is 1. The van der Waals surface area contributed by atoms with Gasteiger partial charge >= 0.3 is 12.2 Å².